The van der Waals surface area contributed by atoms with Gasteiger partial charge in [-0.1, -0.05) is 30.0 Å². The van der Waals surface area contributed by atoms with Crippen LogP contribution in [-0.2, 0) is 4.79 Å². The first kappa shape index (κ1) is 19.9. The highest BCUT2D eigenvalue weighted by Gasteiger charge is 2.13. The SMILES string of the molecule is COc1ccc(-c2nc(SCC(=O)N[C@H](C)c3ccc(C)c(C)c3)n[nH]2)cc1. The monoisotopic (exact) mass is 396 g/mol. The van der Waals surface area contributed by atoms with E-state index in [2.05, 4.69) is 52.5 Å². The second-order valence-corrected chi connectivity index (χ2v) is 7.56. The molecule has 28 heavy (non-hydrogen) atoms. The number of nitrogens with one attached hydrogen (secondary N) is 2. The van der Waals surface area contributed by atoms with E-state index in [9.17, 15) is 4.79 Å². The van der Waals surface area contributed by atoms with E-state index in [0.717, 1.165) is 16.9 Å². The molecule has 0 aliphatic carbocycles. The van der Waals surface area contributed by atoms with E-state index >= 15 is 0 Å². The first-order valence-electron chi connectivity index (χ1n) is 9.02. The molecular formula is C21H24N4O2S. The van der Waals surface area contributed by atoms with Crippen LogP contribution in [0.5, 0.6) is 5.75 Å². The van der Waals surface area contributed by atoms with Gasteiger partial charge in [0.1, 0.15) is 5.75 Å². The highest BCUT2D eigenvalue weighted by molar-refractivity contribution is 7.99. The Morgan fingerprint density at radius 3 is 2.61 bits per heavy atom. The number of amides is 1. The van der Waals surface area contributed by atoms with Crippen molar-refractivity contribution in [3.05, 3.63) is 59.2 Å². The molecule has 0 radical (unpaired) electrons. The Morgan fingerprint density at radius 1 is 1.18 bits per heavy atom. The Bertz CT molecular complexity index is 953. The molecule has 3 aromatic rings. The molecule has 2 aromatic carbocycles. The van der Waals surface area contributed by atoms with Crippen LogP contribution >= 0.6 is 11.8 Å². The maximum absolute atomic E-state index is 12.3. The fraction of sp³-hybridized carbons (Fsp3) is 0.286. The van der Waals surface area contributed by atoms with E-state index in [4.69, 9.17) is 4.74 Å². The van der Waals surface area contributed by atoms with Gasteiger partial charge in [-0.2, -0.15) is 0 Å². The molecule has 1 amide bonds. The van der Waals surface area contributed by atoms with Gasteiger partial charge < -0.3 is 10.1 Å². The largest absolute Gasteiger partial charge is 0.497 e. The van der Waals surface area contributed by atoms with Crippen LogP contribution in [0.25, 0.3) is 11.4 Å². The number of methoxy groups -OCH3 is 1. The standard InChI is InChI=1S/C21H24N4O2S/c1-13-5-6-17(11-14(13)2)15(3)22-19(26)12-28-21-23-20(24-25-21)16-7-9-18(27-4)10-8-16/h5-11,15H,12H2,1-4H3,(H,22,26)(H,23,24,25)/t15-/m1/s1. The van der Waals surface area contributed by atoms with Crippen LogP contribution in [-0.4, -0.2) is 34.0 Å². The lowest BCUT2D eigenvalue weighted by atomic mass is 10.0. The molecule has 146 valence electrons. The lowest BCUT2D eigenvalue weighted by Gasteiger charge is -2.15. The molecule has 0 unspecified atom stereocenters. The summed E-state index contributed by atoms with van der Waals surface area (Å²) in [6, 6.07) is 13.8. The summed E-state index contributed by atoms with van der Waals surface area (Å²) in [6.07, 6.45) is 0. The predicted octanol–water partition coefficient (Wildman–Crippen LogP) is 4.07. The van der Waals surface area contributed by atoms with Gasteiger partial charge >= 0.3 is 0 Å². The molecule has 0 spiro atoms. The lowest BCUT2D eigenvalue weighted by molar-refractivity contribution is -0.119. The number of hydrogen-bond donors (Lipinski definition) is 2. The number of nitrogens with zero attached hydrogens (tertiary/aromatic N) is 2. The van der Waals surface area contributed by atoms with Crippen molar-refractivity contribution in [3.63, 3.8) is 0 Å². The number of aryl methyl sites for hydroxylation is 2. The number of aromatic nitrogens is 3. The molecule has 0 saturated heterocycles. The Morgan fingerprint density at radius 2 is 1.93 bits per heavy atom. The maximum atomic E-state index is 12.3. The van der Waals surface area contributed by atoms with Gasteiger partial charge in [-0.15, -0.1) is 5.10 Å². The molecule has 7 heteroatoms. The average molecular weight is 397 g/mol. The Hall–Kier alpha value is -2.80. The summed E-state index contributed by atoms with van der Waals surface area (Å²) in [5.41, 5.74) is 4.48. The molecule has 0 saturated carbocycles. The summed E-state index contributed by atoms with van der Waals surface area (Å²) in [7, 11) is 1.63. The van der Waals surface area contributed by atoms with E-state index in [1.807, 2.05) is 31.2 Å². The highest BCUT2D eigenvalue weighted by atomic mass is 32.2. The summed E-state index contributed by atoms with van der Waals surface area (Å²) in [5, 5.41) is 10.7. The summed E-state index contributed by atoms with van der Waals surface area (Å²) >= 11 is 1.30. The van der Waals surface area contributed by atoms with Gasteiger partial charge in [0, 0.05) is 5.56 Å². The Kier molecular flexibility index (Phi) is 6.36. The van der Waals surface area contributed by atoms with Gasteiger partial charge in [-0.3, -0.25) is 9.89 Å². The van der Waals surface area contributed by atoms with Crippen molar-refractivity contribution in [2.24, 2.45) is 0 Å². The van der Waals surface area contributed by atoms with Gasteiger partial charge in [0.05, 0.1) is 18.9 Å². The van der Waals surface area contributed by atoms with Crippen molar-refractivity contribution in [1.82, 2.24) is 20.5 Å². The second-order valence-electron chi connectivity index (χ2n) is 6.62. The molecule has 0 aliphatic heterocycles. The third-order valence-electron chi connectivity index (χ3n) is 4.57. The third-order valence-corrected chi connectivity index (χ3v) is 5.42. The fourth-order valence-electron chi connectivity index (χ4n) is 2.72. The van der Waals surface area contributed by atoms with Gasteiger partial charge in [-0.25, -0.2) is 4.98 Å². The number of ether oxygens (including phenoxy) is 1. The van der Waals surface area contributed by atoms with Crippen molar-refractivity contribution >= 4 is 17.7 Å². The Labute approximate surface area is 169 Å². The quantitative estimate of drug-likeness (QED) is 0.589. The molecule has 0 bridgehead atoms. The van der Waals surface area contributed by atoms with Crippen molar-refractivity contribution in [3.8, 4) is 17.1 Å². The van der Waals surface area contributed by atoms with Gasteiger partial charge in [-0.05, 0) is 61.7 Å². The second kappa shape index (κ2) is 8.93. The van der Waals surface area contributed by atoms with E-state index in [0.29, 0.717) is 11.0 Å². The fourth-order valence-corrected chi connectivity index (χ4v) is 3.33. The zero-order valence-electron chi connectivity index (χ0n) is 16.4. The summed E-state index contributed by atoms with van der Waals surface area (Å²) in [6.45, 7) is 6.14. The van der Waals surface area contributed by atoms with E-state index in [1.54, 1.807) is 7.11 Å². The van der Waals surface area contributed by atoms with Crippen molar-refractivity contribution in [2.45, 2.75) is 32.0 Å². The molecule has 0 aliphatic rings. The normalized spacial score (nSPS) is 11.9. The minimum atomic E-state index is -0.0495. The minimum absolute atomic E-state index is 0.0468. The number of carbonyl (C=O) groups is 1. The van der Waals surface area contributed by atoms with Crippen LogP contribution in [0.3, 0.4) is 0 Å². The zero-order chi connectivity index (χ0) is 20.1. The van der Waals surface area contributed by atoms with Crippen LogP contribution < -0.4 is 10.1 Å². The number of rotatable bonds is 7. The lowest BCUT2D eigenvalue weighted by Crippen LogP contribution is -2.28. The molecule has 1 aromatic heterocycles. The topological polar surface area (TPSA) is 79.9 Å². The van der Waals surface area contributed by atoms with E-state index in [-0.39, 0.29) is 17.7 Å². The first-order chi connectivity index (χ1) is 13.5. The molecule has 1 atom stereocenters. The maximum Gasteiger partial charge on any atom is 0.230 e. The number of carbonyl (C=O) groups excluding carboxylic acids is 1. The van der Waals surface area contributed by atoms with Gasteiger partial charge in [0.15, 0.2) is 5.82 Å². The van der Waals surface area contributed by atoms with E-state index < -0.39 is 0 Å². The number of H-pyrrole nitrogens is 1. The van der Waals surface area contributed by atoms with Crippen LogP contribution in [0.4, 0.5) is 0 Å². The van der Waals surface area contributed by atoms with Crippen molar-refractivity contribution in [2.75, 3.05) is 12.9 Å². The summed E-state index contributed by atoms with van der Waals surface area (Å²) in [5.74, 6) is 1.66. The number of aromatic amines is 1. The first-order valence-corrected chi connectivity index (χ1v) is 10.0. The number of thioether (sulfide) groups is 1. The highest BCUT2D eigenvalue weighted by Crippen LogP contribution is 2.22. The van der Waals surface area contributed by atoms with Gasteiger partial charge in [0.2, 0.25) is 11.1 Å². The molecule has 3 rings (SSSR count). The molecule has 1 heterocycles. The summed E-state index contributed by atoms with van der Waals surface area (Å²) < 4.78 is 5.16. The van der Waals surface area contributed by atoms with E-state index in [1.165, 1.54) is 22.9 Å². The smallest absolute Gasteiger partial charge is 0.230 e. The zero-order valence-corrected chi connectivity index (χ0v) is 17.3. The number of benzene rings is 2. The molecule has 6 nitrogen and oxygen atoms in total. The van der Waals surface area contributed by atoms with Crippen LogP contribution in [0.2, 0.25) is 0 Å². The van der Waals surface area contributed by atoms with Crippen LogP contribution in [0, 0.1) is 13.8 Å². The summed E-state index contributed by atoms with van der Waals surface area (Å²) in [4.78, 5) is 16.7. The third kappa shape index (κ3) is 4.92. The Balaban J connectivity index is 1.54. The molecular weight excluding hydrogens is 372 g/mol. The van der Waals surface area contributed by atoms with Crippen LogP contribution in [0.1, 0.15) is 29.7 Å². The van der Waals surface area contributed by atoms with Crippen molar-refractivity contribution < 1.29 is 9.53 Å². The molecule has 0 fully saturated rings. The van der Waals surface area contributed by atoms with Crippen LogP contribution in [0.15, 0.2) is 47.6 Å². The average Bonchev–Trinajstić information content (AvgIpc) is 3.17. The van der Waals surface area contributed by atoms with Gasteiger partial charge in [0.25, 0.3) is 0 Å². The van der Waals surface area contributed by atoms with Crippen molar-refractivity contribution in [1.29, 1.82) is 0 Å². The minimum Gasteiger partial charge on any atom is -0.497 e. The predicted molar refractivity (Wildman–Crippen MR) is 112 cm³/mol. The number of hydrogen-bond acceptors (Lipinski definition) is 5. The molecule has 2 N–H and O–H groups in total.